The Morgan fingerprint density at radius 2 is 1.95 bits per heavy atom. The molecule has 0 saturated carbocycles. The van der Waals surface area contributed by atoms with Crippen molar-refractivity contribution in [2.24, 2.45) is 0 Å². The number of esters is 1. The minimum absolute atomic E-state index is 0.134. The van der Waals surface area contributed by atoms with Crippen LogP contribution >= 0.6 is 0 Å². The van der Waals surface area contributed by atoms with Crippen molar-refractivity contribution in [3.63, 3.8) is 0 Å². The molecule has 1 N–H and O–H groups in total. The molecule has 0 radical (unpaired) electrons. The molecule has 0 spiro atoms. The largest absolute Gasteiger partial charge is 0.478 e. The van der Waals surface area contributed by atoms with Gasteiger partial charge in [0.2, 0.25) is 5.91 Å². The number of carbonyl (C=O) groups excluding carboxylic acids is 2. The van der Waals surface area contributed by atoms with Crippen LogP contribution in [0.5, 0.6) is 0 Å². The van der Waals surface area contributed by atoms with Gasteiger partial charge in [0.15, 0.2) is 0 Å². The molecule has 0 unspecified atom stereocenters. The van der Waals surface area contributed by atoms with Crippen molar-refractivity contribution in [1.82, 2.24) is 4.57 Å². The zero-order valence-corrected chi connectivity index (χ0v) is 12.5. The molecule has 0 bridgehead atoms. The van der Waals surface area contributed by atoms with Gasteiger partial charge in [-0.3, -0.25) is 14.2 Å². The molecule has 0 atom stereocenters. The van der Waals surface area contributed by atoms with E-state index in [0.717, 1.165) is 11.1 Å². The van der Waals surface area contributed by atoms with E-state index in [2.05, 4.69) is 4.74 Å². The molecule has 2 aromatic rings. The van der Waals surface area contributed by atoms with E-state index >= 15 is 0 Å². The van der Waals surface area contributed by atoms with E-state index in [1.165, 1.54) is 30.7 Å². The number of aryl methyl sites for hydroxylation is 1. The summed E-state index contributed by atoms with van der Waals surface area (Å²) >= 11 is 0. The monoisotopic (exact) mass is 303 g/mol. The minimum Gasteiger partial charge on any atom is -0.478 e. The van der Waals surface area contributed by atoms with Crippen molar-refractivity contribution < 1.29 is 24.2 Å². The fourth-order valence-corrected chi connectivity index (χ4v) is 2.46. The first-order valence-electron chi connectivity index (χ1n) is 6.89. The van der Waals surface area contributed by atoms with Crippen LogP contribution in [0.2, 0.25) is 0 Å². The molecule has 0 fully saturated rings. The molecule has 0 aliphatic carbocycles. The highest BCUT2D eigenvalue weighted by molar-refractivity contribution is 5.98. The Balaban J connectivity index is 2.37. The van der Waals surface area contributed by atoms with Crippen LogP contribution in [0.1, 0.15) is 40.6 Å². The average molecular weight is 303 g/mol. The van der Waals surface area contributed by atoms with E-state index < -0.39 is 5.97 Å². The average Bonchev–Trinajstić information content (AvgIpc) is 2.84. The van der Waals surface area contributed by atoms with Crippen molar-refractivity contribution in [3.8, 4) is 0 Å². The van der Waals surface area contributed by atoms with Crippen LogP contribution in [0.25, 0.3) is 10.9 Å². The fourth-order valence-electron chi connectivity index (χ4n) is 2.46. The number of aromatic carboxylic acids is 1. The number of carboxylic acids is 1. The zero-order chi connectivity index (χ0) is 16.3. The van der Waals surface area contributed by atoms with Gasteiger partial charge >= 0.3 is 11.9 Å². The summed E-state index contributed by atoms with van der Waals surface area (Å²) < 4.78 is 6.09. The van der Waals surface area contributed by atoms with Crippen LogP contribution in [-0.4, -0.2) is 34.6 Å². The molecular weight excluding hydrogens is 286 g/mol. The standard InChI is InChI=1S/C16H17NO5/c1-10(18)17-13(4-3-5-15(19)22-2)8-11-6-7-12(16(20)21)9-14(11)17/h6-9H,3-5H2,1-2H3,(H,20,21). The third-order valence-corrected chi connectivity index (χ3v) is 3.48. The summed E-state index contributed by atoms with van der Waals surface area (Å²) in [7, 11) is 1.34. The summed E-state index contributed by atoms with van der Waals surface area (Å²) in [6.07, 6.45) is 1.37. The van der Waals surface area contributed by atoms with Gasteiger partial charge in [-0.15, -0.1) is 0 Å². The van der Waals surface area contributed by atoms with Gasteiger partial charge in [0, 0.05) is 24.4 Å². The van der Waals surface area contributed by atoms with Crippen LogP contribution < -0.4 is 0 Å². The molecule has 0 aliphatic heterocycles. The lowest BCUT2D eigenvalue weighted by Gasteiger charge is -2.06. The van der Waals surface area contributed by atoms with Crippen LogP contribution in [0, 0.1) is 0 Å². The van der Waals surface area contributed by atoms with E-state index in [1.807, 2.05) is 6.07 Å². The number of hydrogen-bond acceptors (Lipinski definition) is 4. The van der Waals surface area contributed by atoms with Gasteiger partial charge < -0.3 is 9.84 Å². The van der Waals surface area contributed by atoms with E-state index in [4.69, 9.17) is 5.11 Å². The second-order valence-electron chi connectivity index (χ2n) is 5.00. The number of fused-ring (bicyclic) bond motifs is 1. The molecule has 116 valence electrons. The predicted molar refractivity (Wildman–Crippen MR) is 80.2 cm³/mol. The summed E-state index contributed by atoms with van der Waals surface area (Å²) in [5.41, 5.74) is 1.46. The molecule has 22 heavy (non-hydrogen) atoms. The summed E-state index contributed by atoms with van der Waals surface area (Å²) in [5.74, 6) is -1.52. The van der Waals surface area contributed by atoms with Crippen LogP contribution in [0.3, 0.4) is 0 Å². The number of aromatic nitrogens is 1. The predicted octanol–water partition coefficient (Wildman–Crippen LogP) is 2.50. The lowest BCUT2D eigenvalue weighted by atomic mass is 10.1. The molecule has 0 saturated heterocycles. The molecule has 1 aromatic heterocycles. The second kappa shape index (κ2) is 6.43. The number of benzene rings is 1. The normalized spacial score (nSPS) is 10.6. The highest BCUT2D eigenvalue weighted by atomic mass is 16.5. The smallest absolute Gasteiger partial charge is 0.335 e. The van der Waals surface area contributed by atoms with E-state index in [-0.39, 0.29) is 23.9 Å². The van der Waals surface area contributed by atoms with Gasteiger partial charge in [-0.25, -0.2) is 4.79 Å². The number of hydrogen-bond donors (Lipinski definition) is 1. The Morgan fingerprint density at radius 1 is 1.23 bits per heavy atom. The summed E-state index contributed by atoms with van der Waals surface area (Å²) in [6.45, 7) is 1.43. The van der Waals surface area contributed by atoms with Crippen LogP contribution in [0.15, 0.2) is 24.3 Å². The first-order chi connectivity index (χ1) is 10.4. The maximum Gasteiger partial charge on any atom is 0.335 e. The summed E-state index contributed by atoms with van der Waals surface area (Å²) in [5, 5.41) is 9.86. The highest BCUT2D eigenvalue weighted by Gasteiger charge is 2.14. The number of carbonyl (C=O) groups is 3. The minimum atomic E-state index is -1.04. The Morgan fingerprint density at radius 3 is 2.55 bits per heavy atom. The van der Waals surface area contributed by atoms with Crippen molar-refractivity contribution >= 4 is 28.7 Å². The Labute approximate surface area is 127 Å². The number of ether oxygens (including phenoxy) is 1. The topological polar surface area (TPSA) is 85.6 Å². The van der Waals surface area contributed by atoms with Crippen LogP contribution in [-0.2, 0) is 16.0 Å². The molecule has 6 nitrogen and oxygen atoms in total. The maximum atomic E-state index is 11.9. The van der Waals surface area contributed by atoms with Crippen molar-refractivity contribution in [2.75, 3.05) is 7.11 Å². The van der Waals surface area contributed by atoms with Gasteiger partial charge in [0.1, 0.15) is 0 Å². The number of nitrogens with zero attached hydrogens (tertiary/aromatic N) is 1. The van der Waals surface area contributed by atoms with E-state index in [9.17, 15) is 14.4 Å². The fraction of sp³-hybridized carbons (Fsp3) is 0.312. The molecule has 0 aliphatic rings. The van der Waals surface area contributed by atoms with Crippen molar-refractivity contribution in [3.05, 3.63) is 35.5 Å². The Kier molecular flexibility index (Phi) is 4.60. The third kappa shape index (κ3) is 3.16. The molecule has 6 heteroatoms. The quantitative estimate of drug-likeness (QED) is 0.858. The molecule has 1 heterocycles. The van der Waals surface area contributed by atoms with Crippen molar-refractivity contribution in [2.45, 2.75) is 26.2 Å². The highest BCUT2D eigenvalue weighted by Crippen LogP contribution is 2.23. The van der Waals surface area contributed by atoms with E-state index in [0.29, 0.717) is 18.4 Å². The van der Waals surface area contributed by atoms with Gasteiger partial charge in [-0.1, -0.05) is 6.07 Å². The third-order valence-electron chi connectivity index (χ3n) is 3.48. The van der Waals surface area contributed by atoms with Gasteiger partial charge in [0.05, 0.1) is 18.2 Å². The Hall–Kier alpha value is -2.63. The van der Waals surface area contributed by atoms with Gasteiger partial charge in [0.25, 0.3) is 0 Å². The molecule has 2 rings (SSSR count). The number of methoxy groups -OCH3 is 1. The lowest BCUT2D eigenvalue weighted by molar-refractivity contribution is -0.140. The number of rotatable bonds is 5. The van der Waals surface area contributed by atoms with E-state index in [1.54, 1.807) is 6.07 Å². The van der Waals surface area contributed by atoms with Crippen molar-refractivity contribution in [1.29, 1.82) is 0 Å². The van der Waals surface area contributed by atoms with Gasteiger partial charge in [-0.05, 0) is 31.0 Å². The molecule has 0 amide bonds. The second-order valence-corrected chi connectivity index (χ2v) is 5.00. The first-order valence-corrected chi connectivity index (χ1v) is 6.89. The van der Waals surface area contributed by atoms with Crippen LogP contribution in [0.4, 0.5) is 0 Å². The Bertz CT molecular complexity index is 744. The van der Waals surface area contributed by atoms with Gasteiger partial charge in [-0.2, -0.15) is 0 Å². The number of carboxylic acid groups (broad SMARTS) is 1. The summed E-state index contributed by atoms with van der Waals surface area (Å²) in [4.78, 5) is 34.1. The summed E-state index contributed by atoms with van der Waals surface area (Å²) in [6, 6.07) is 6.53. The zero-order valence-electron chi connectivity index (χ0n) is 12.5. The first kappa shape index (κ1) is 15.8. The molecular formula is C16H17NO5. The lowest BCUT2D eigenvalue weighted by Crippen LogP contribution is -2.10. The molecule has 1 aromatic carbocycles. The SMILES string of the molecule is COC(=O)CCCc1cc2ccc(C(=O)O)cc2n1C(C)=O. The maximum absolute atomic E-state index is 11.9.